The van der Waals surface area contributed by atoms with Crippen LogP contribution < -0.4 is 11.1 Å². The van der Waals surface area contributed by atoms with Crippen LogP contribution in [0.1, 0.15) is 39.4 Å². The molecule has 108 valence electrons. The number of nitrogens with two attached hydrogens (primary N) is 1. The van der Waals surface area contributed by atoms with Crippen molar-refractivity contribution >= 4 is 6.09 Å². The standard InChI is InChI=1S/C13H24N4O2/c1-5-17-7-6-15-11(17)10(8-14)9-16-12(18)19-13(2,3)4/h6-7,10H,5,8-9,14H2,1-4H3,(H,16,18). The Morgan fingerprint density at radius 3 is 2.79 bits per heavy atom. The van der Waals surface area contributed by atoms with Crippen LogP contribution in [-0.4, -0.2) is 34.3 Å². The van der Waals surface area contributed by atoms with Crippen molar-refractivity contribution in [1.82, 2.24) is 14.9 Å². The van der Waals surface area contributed by atoms with Crippen LogP contribution in [0.2, 0.25) is 0 Å². The number of carbonyl (C=O) groups is 1. The molecular formula is C13H24N4O2. The van der Waals surface area contributed by atoms with E-state index in [0.29, 0.717) is 13.1 Å². The average Bonchev–Trinajstić information content (AvgIpc) is 2.76. The zero-order valence-corrected chi connectivity index (χ0v) is 12.1. The van der Waals surface area contributed by atoms with Crippen molar-refractivity contribution in [2.45, 2.75) is 45.8 Å². The molecule has 1 aromatic rings. The molecule has 1 aromatic heterocycles. The van der Waals surface area contributed by atoms with Gasteiger partial charge < -0.3 is 20.4 Å². The highest BCUT2D eigenvalue weighted by molar-refractivity contribution is 5.67. The van der Waals surface area contributed by atoms with E-state index in [0.717, 1.165) is 12.4 Å². The fourth-order valence-electron chi connectivity index (χ4n) is 1.75. The number of imidazole rings is 1. The van der Waals surface area contributed by atoms with Crippen LogP contribution in [0.15, 0.2) is 12.4 Å². The van der Waals surface area contributed by atoms with Crippen molar-refractivity contribution in [3.05, 3.63) is 18.2 Å². The number of nitrogens with one attached hydrogen (secondary N) is 1. The van der Waals surface area contributed by atoms with Crippen molar-refractivity contribution in [2.75, 3.05) is 13.1 Å². The van der Waals surface area contributed by atoms with Gasteiger partial charge in [0.1, 0.15) is 11.4 Å². The fraction of sp³-hybridized carbons (Fsp3) is 0.692. The minimum absolute atomic E-state index is 0.0116. The van der Waals surface area contributed by atoms with Crippen molar-refractivity contribution in [3.8, 4) is 0 Å². The Morgan fingerprint density at radius 1 is 1.58 bits per heavy atom. The van der Waals surface area contributed by atoms with Crippen molar-refractivity contribution < 1.29 is 9.53 Å². The molecular weight excluding hydrogens is 244 g/mol. The predicted octanol–water partition coefficient (Wildman–Crippen LogP) is 1.47. The molecule has 0 fully saturated rings. The molecule has 0 spiro atoms. The lowest BCUT2D eigenvalue weighted by molar-refractivity contribution is 0.0524. The Labute approximate surface area is 114 Å². The van der Waals surface area contributed by atoms with Gasteiger partial charge in [-0.15, -0.1) is 0 Å². The molecule has 0 bridgehead atoms. The molecule has 0 aliphatic heterocycles. The summed E-state index contributed by atoms with van der Waals surface area (Å²) in [5.41, 5.74) is 5.26. The number of hydrogen-bond donors (Lipinski definition) is 2. The van der Waals surface area contributed by atoms with Crippen LogP contribution in [-0.2, 0) is 11.3 Å². The Balaban J connectivity index is 2.57. The summed E-state index contributed by atoms with van der Waals surface area (Å²) < 4.78 is 7.21. The number of aromatic nitrogens is 2. The minimum atomic E-state index is -0.496. The van der Waals surface area contributed by atoms with E-state index in [4.69, 9.17) is 10.5 Å². The van der Waals surface area contributed by atoms with Gasteiger partial charge in [-0.2, -0.15) is 0 Å². The molecule has 1 atom stereocenters. The van der Waals surface area contributed by atoms with Crippen LogP contribution in [0.3, 0.4) is 0 Å². The van der Waals surface area contributed by atoms with Crippen LogP contribution in [0.4, 0.5) is 4.79 Å². The number of rotatable bonds is 5. The summed E-state index contributed by atoms with van der Waals surface area (Å²) in [5, 5.41) is 2.74. The Hall–Kier alpha value is -1.56. The monoisotopic (exact) mass is 268 g/mol. The van der Waals surface area contributed by atoms with E-state index in [1.807, 2.05) is 38.5 Å². The first-order valence-electron chi connectivity index (χ1n) is 6.55. The Morgan fingerprint density at radius 2 is 2.26 bits per heavy atom. The molecule has 6 heteroatoms. The van der Waals surface area contributed by atoms with Gasteiger partial charge in [0.05, 0.1) is 0 Å². The van der Waals surface area contributed by atoms with E-state index < -0.39 is 11.7 Å². The molecule has 0 aromatic carbocycles. The molecule has 19 heavy (non-hydrogen) atoms. The maximum absolute atomic E-state index is 11.6. The van der Waals surface area contributed by atoms with Gasteiger partial charge in [0.15, 0.2) is 0 Å². The first-order valence-corrected chi connectivity index (χ1v) is 6.55. The van der Waals surface area contributed by atoms with Gasteiger partial charge in [-0.05, 0) is 27.7 Å². The third-order valence-electron chi connectivity index (χ3n) is 2.63. The average molecular weight is 268 g/mol. The highest BCUT2D eigenvalue weighted by Gasteiger charge is 2.19. The molecule has 3 N–H and O–H groups in total. The van der Waals surface area contributed by atoms with Gasteiger partial charge >= 0.3 is 6.09 Å². The molecule has 1 amide bonds. The van der Waals surface area contributed by atoms with Gasteiger partial charge in [-0.25, -0.2) is 9.78 Å². The van der Waals surface area contributed by atoms with E-state index in [-0.39, 0.29) is 5.92 Å². The van der Waals surface area contributed by atoms with Gasteiger partial charge in [0.2, 0.25) is 0 Å². The summed E-state index contributed by atoms with van der Waals surface area (Å²) in [5.74, 6) is 0.878. The number of carbonyl (C=O) groups excluding carboxylic acids is 1. The second kappa shape index (κ2) is 6.56. The Kier molecular flexibility index (Phi) is 5.35. The van der Waals surface area contributed by atoms with E-state index >= 15 is 0 Å². The van der Waals surface area contributed by atoms with Crippen LogP contribution in [0.25, 0.3) is 0 Å². The van der Waals surface area contributed by atoms with Crippen molar-refractivity contribution in [3.63, 3.8) is 0 Å². The molecule has 6 nitrogen and oxygen atoms in total. The second-order valence-corrected chi connectivity index (χ2v) is 5.39. The quantitative estimate of drug-likeness (QED) is 0.847. The lowest BCUT2D eigenvalue weighted by atomic mass is 10.1. The summed E-state index contributed by atoms with van der Waals surface area (Å²) in [6, 6.07) is 0. The van der Waals surface area contributed by atoms with Crippen LogP contribution >= 0.6 is 0 Å². The SMILES string of the molecule is CCn1ccnc1C(CN)CNC(=O)OC(C)(C)C. The summed E-state index contributed by atoms with van der Waals surface area (Å²) in [4.78, 5) is 15.9. The molecule has 1 heterocycles. The highest BCUT2D eigenvalue weighted by atomic mass is 16.6. The second-order valence-electron chi connectivity index (χ2n) is 5.39. The number of hydrogen-bond acceptors (Lipinski definition) is 4. The van der Waals surface area contributed by atoms with Crippen molar-refractivity contribution in [1.29, 1.82) is 0 Å². The molecule has 1 unspecified atom stereocenters. The number of alkyl carbamates (subject to hydrolysis) is 1. The summed E-state index contributed by atoms with van der Waals surface area (Å²) in [7, 11) is 0. The number of amides is 1. The summed E-state index contributed by atoms with van der Waals surface area (Å²) in [6.45, 7) is 9.21. The number of ether oxygens (including phenoxy) is 1. The highest BCUT2D eigenvalue weighted by Crippen LogP contribution is 2.12. The van der Waals surface area contributed by atoms with E-state index in [1.165, 1.54) is 0 Å². The van der Waals surface area contributed by atoms with Gasteiger partial charge in [-0.3, -0.25) is 0 Å². The van der Waals surface area contributed by atoms with Crippen LogP contribution in [0.5, 0.6) is 0 Å². The fourth-order valence-corrected chi connectivity index (χ4v) is 1.75. The number of aryl methyl sites for hydroxylation is 1. The van der Waals surface area contributed by atoms with E-state index in [1.54, 1.807) is 6.20 Å². The summed E-state index contributed by atoms with van der Waals surface area (Å²) >= 11 is 0. The largest absolute Gasteiger partial charge is 0.444 e. The van der Waals surface area contributed by atoms with Crippen LogP contribution in [0, 0.1) is 0 Å². The van der Waals surface area contributed by atoms with Crippen molar-refractivity contribution in [2.24, 2.45) is 5.73 Å². The minimum Gasteiger partial charge on any atom is -0.444 e. The maximum atomic E-state index is 11.6. The zero-order valence-electron chi connectivity index (χ0n) is 12.1. The van der Waals surface area contributed by atoms with E-state index in [2.05, 4.69) is 10.3 Å². The first-order chi connectivity index (χ1) is 8.87. The lowest BCUT2D eigenvalue weighted by Gasteiger charge is -2.21. The lowest BCUT2D eigenvalue weighted by Crippen LogP contribution is -2.37. The van der Waals surface area contributed by atoms with Gasteiger partial charge in [0.25, 0.3) is 0 Å². The molecule has 1 rings (SSSR count). The predicted molar refractivity (Wildman–Crippen MR) is 73.9 cm³/mol. The molecule has 0 radical (unpaired) electrons. The van der Waals surface area contributed by atoms with Gasteiger partial charge in [0, 0.05) is 37.9 Å². The summed E-state index contributed by atoms with van der Waals surface area (Å²) in [6.07, 6.45) is 3.22. The third-order valence-corrected chi connectivity index (χ3v) is 2.63. The molecule has 0 aliphatic carbocycles. The van der Waals surface area contributed by atoms with E-state index in [9.17, 15) is 4.79 Å². The zero-order chi connectivity index (χ0) is 14.5. The molecule has 0 aliphatic rings. The first kappa shape index (κ1) is 15.5. The maximum Gasteiger partial charge on any atom is 0.407 e. The molecule has 0 saturated heterocycles. The Bertz CT molecular complexity index is 409. The number of nitrogens with zero attached hydrogens (tertiary/aromatic N) is 2. The topological polar surface area (TPSA) is 82.2 Å². The normalized spacial score (nSPS) is 13.1. The smallest absolute Gasteiger partial charge is 0.407 e. The van der Waals surface area contributed by atoms with Gasteiger partial charge in [-0.1, -0.05) is 0 Å². The third kappa shape index (κ3) is 4.90. The molecule has 0 saturated carbocycles.